The minimum absolute atomic E-state index is 0.185. The highest BCUT2D eigenvalue weighted by Crippen LogP contribution is 2.19. The first-order valence-corrected chi connectivity index (χ1v) is 9.86. The second-order valence-electron chi connectivity index (χ2n) is 5.55. The molecule has 0 aliphatic rings. The molecule has 0 radical (unpaired) electrons. The fraction of sp³-hybridized carbons (Fsp3) is 0.500. The second-order valence-corrected chi connectivity index (χ2v) is 11.2. The Morgan fingerprint density at radius 1 is 1.44 bits per heavy atom. The number of ether oxygens (including phenoxy) is 1. The average Bonchev–Trinajstić information content (AvgIpc) is 2.96. The van der Waals surface area contributed by atoms with E-state index < -0.39 is 8.07 Å². The van der Waals surface area contributed by atoms with Gasteiger partial charge in [-0.2, -0.15) is 10.2 Å². The molecular formula is C12H20N4OSi. The number of aromatic nitrogens is 4. The first kappa shape index (κ1) is 13.0. The summed E-state index contributed by atoms with van der Waals surface area (Å²) in [6, 6.07) is 3.04. The van der Waals surface area contributed by atoms with Gasteiger partial charge in [-0.3, -0.25) is 5.10 Å². The van der Waals surface area contributed by atoms with E-state index in [1.165, 1.54) is 0 Å². The molecule has 1 unspecified atom stereocenters. The molecule has 0 saturated carbocycles. The van der Waals surface area contributed by atoms with Crippen LogP contribution in [0, 0.1) is 0 Å². The molecule has 1 atom stereocenters. The van der Waals surface area contributed by atoms with Crippen LogP contribution in [0.1, 0.15) is 11.8 Å². The quantitative estimate of drug-likeness (QED) is 0.816. The van der Waals surface area contributed by atoms with Crippen molar-refractivity contribution in [1.29, 1.82) is 0 Å². The lowest BCUT2D eigenvalue weighted by Crippen LogP contribution is -2.24. The normalized spacial score (nSPS) is 13.7. The first-order chi connectivity index (χ1) is 8.56. The van der Waals surface area contributed by atoms with Crippen LogP contribution in [-0.2, 0) is 4.74 Å². The lowest BCUT2D eigenvalue weighted by atomic mass is 10.3. The van der Waals surface area contributed by atoms with Crippen LogP contribution in [0.4, 0.5) is 0 Å². The van der Waals surface area contributed by atoms with Crippen molar-refractivity contribution in [3.8, 4) is 0 Å². The number of rotatable bonds is 6. The summed E-state index contributed by atoms with van der Waals surface area (Å²) in [6.45, 7) is 7.79. The average molecular weight is 264 g/mol. The van der Waals surface area contributed by atoms with Crippen molar-refractivity contribution < 1.29 is 4.74 Å². The van der Waals surface area contributed by atoms with Crippen LogP contribution in [0.2, 0.25) is 25.7 Å². The monoisotopic (exact) mass is 264 g/mol. The van der Waals surface area contributed by atoms with Gasteiger partial charge in [0.1, 0.15) is 0 Å². The van der Waals surface area contributed by atoms with Crippen LogP contribution in [0.3, 0.4) is 0 Å². The fourth-order valence-corrected chi connectivity index (χ4v) is 2.35. The van der Waals surface area contributed by atoms with Gasteiger partial charge in [-0.25, -0.2) is 4.68 Å². The van der Waals surface area contributed by atoms with Crippen LogP contribution in [0.15, 0.2) is 30.9 Å². The zero-order valence-corrected chi connectivity index (χ0v) is 12.1. The van der Waals surface area contributed by atoms with Crippen LogP contribution < -0.4 is 0 Å². The molecule has 0 saturated heterocycles. The van der Waals surface area contributed by atoms with Crippen LogP contribution in [0.5, 0.6) is 0 Å². The smallest absolute Gasteiger partial charge is 0.178 e. The van der Waals surface area contributed by atoms with Gasteiger partial charge in [0.15, 0.2) is 6.23 Å². The van der Waals surface area contributed by atoms with Crippen molar-refractivity contribution >= 4 is 8.07 Å². The summed E-state index contributed by atoms with van der Waals surface area (Å²) >= 11 is 0. The number of H-pyrrole nitrogens is 1. The van der Waals surface area contributed by atoms with Gasteiger partial charge in [0.25, 0.3) is 0 Å². The second kappa shape index (κ2) is 5.49. The summed E-state index contributed by atoms with van der Waals surface area (Å²) in [5, 5.41) is 11.0. The van der Waals surface area contributed by atoms with Gasteiger partial charge in [-0.15, -0.1) is 0 Å². The summed E-state index contributed by atoms with van der Waals surface area (Å²) < 4.78 is 7.80. The standard InChI is InChI=1S/C12H20N4OSi/c1-18(2,3)8-7-17-12(11-9-13-14-10-11)16-6-4-5-15-16/h4-6,9-10,12H,7-8H2,1-3H3,(H,13,14). The van der Waals surface area contributed by atoms with E-state index in [9.17, 15) is 0 Å². The Balaban J connectivity index is 2.03. The predicted molar refractivity (Wildman–Crippen MR) is 73.1 cm³/mol. The van der Waals surface area contributed by atoms with E-state index in [4.69, 9.17) is 4.74 Å². The molecule has 0 amide bonds. The molecule has 98 valence electrons. The number of hydrogen-bond donors (Lipinski definition) is 1. The third-order valence-electron chi connectivity index (χ3n) is 2.70. The molecular weight excluding hydrogens is 244 g/mol. The van der Waals surface area contributed by atoms with Crippen molar-refractivity contribution in [2.45, 2.75) is 31.9 Å². The van der Waals surface area contributed by atoms with Crippen LogP contribution >= 0.6 is 0 Å². The van der Waals surface area contributed by atoms with Gasteiger partial charge in [-0.1, -0.05) is 19.6 Å². The fourth-order valence-electron chi connectivity index (χ4n) is 1.62. The lowest BCUT2D eigenvalue weighted by molar-refractivity contribution is 0.0318. The summed E-state index contributed by atoms with van der Waals surface area (Å²) in [5.41, 5.74) is 0.995. The number of hydrogen-bond acceptors (Lipinski definition) is 3. The Morgan fingerprint density at radius 2 is 2.28 bits per heavy atom. The molecule has 2 aromatic heterocycles. The van der Waals surface area contributed by atoms with Crippen molar-refractivity contribution in [1.82, 2.24) is 20.0 Å². The van der Waals surface area contributed by atoms with Crippen LogP contribution in [-0.4, -0.2) is 34.7 Å². The highest BCUT2D eigenvalue weighted by atomic mass is 28.3. The van der Waals surface area contributed by atoms with E-state index >= 15 is 0 Å². The van der Waals surface area contributed by atoms with Gasteiger partial charge in [0, 0.05) is 38.8 Å². The summed E-state index contributed by atoms with van der Waals surface area (Å²) in [6.07, 6.45) is 7.11. The van der Waals surface area contributed by atoms with Crippen molar-refractivity contribution in [3.63, 3.8) is 0 Å². The van der Waals surface area contributed by atoms with Crippen molar-refractivity contribution in [3.05, 3.63) is 36.4 Å². The van der Waals surface area contributed by atoms with Gasteiger partial charge >= 0.3 is 0 Å². The van der Waals surface area contributed by atoms with E-state index in [1.54, 1.807) is 12.4 Å². The Morgan fingerprint density at radius 3 is 2.83 bits per heavy atom. The summed E-state index contributed by atoms with van der Waals surface area (Å²) in [5.74, 6) is 0. The SMILES string of the molecule is C[Si](C)(C)CCOC(c1cn[nH]c1)n1cccn1. The number of nitrogens with one attached hydrogen (secondary N) is 1. The Hall–Kier alpha value is -1.40. The molecule has 2 rings (SSSR count). The maximum absolute atomic E-state index is 5.98. The van der Waals surface area contributed by atoms with Gasteiger partial charge in [0.2, 0.25) is 0 Å². The lowest BCUT2D eigenvalue weighted by Gasteiger charge is -2.20. The number of aromatic amines is 1. The Labute approximate surface area is 108 Å². The molecule has 6 heteroatoms. The van der Waals surface area contributed by atoms with Gasteiger partial charge < -0.3 is 4.74 Å². The van der Waals surface area contributed by atoms with E-state index in [-0.39, 0.29) is 6.23 Å². The molecule has 18 heavy (non-hydrogen) atoms. The Bertz CT molecular complexity index is 413. The molecule has 0 fully saturated rings. The van der Waals surface area contributed by atoms with E-state index in [2.05, 4.69) is 34.9 Å². The third kappa shape index (κ3) is 3.54. The zero-order valence-electron chi connectivity index (χ0n) is 11.1. The Kier molecular flexibility index (Phi) is 3.98. The highest BCUT2D eigenvalue weighted by molar-refractivity contribution is 6.76. The van der Waals surface area contributed by atoms with E-state index in [1.807, 2.05) is 23.1 Å². The third-order valence-corrected chi connectivity index (χ3v) is 4.40. The topological polar surface area (TPSA) is 55.7 Å². The minimum Gasteiger partial charge on any atom is -0.352 e. The molecule has 0 aliphatic heterocycles. The maximum atomic E-state index is 5.98. The summed E-state index contributed by atoms with van der Waals surface area (Å²) in [7, 11) is -1.07. The largest absolute Gasteiger partial charge is 0.352 e. The molecule has 0 spiro atoms. The molecule has 5 nitrogen and oxygen atoms in total. The first-order valence-electron chi connectivity index (χ1n) is 6.16. The van der Waals surface area contributed by atoms with Crippen molar-refractivity contribution in [2.75, 3.05) is 6.61 Å². The van der Waals surface area contributed by atoms with Gasteiger partial charge in [-0.05, 0) is 12.1 Å². The summed E-state index contributed by atoms with van der Waals surface area (Å²) in [4.78, 5) is 0. The highest BCUT2D eigenvalue weighted by Gasteiger charge is 2.18. The van der Waals surface area contributed by atoms with Crippen molar-refractivity contribution in [2.24, 2.45) is 0 Å². The number of nitrogens with zero attached hydrogens (tertiary/aromatic N) is 3. The maximum Gasteiger partial charge on any atom is 0.178 e. The molecule has 0 aliphatic carbocycles. The molecule has 1 N–H and O–H groups in total. The molecule has 0 bridgehead atoms. The predicted octanol–water partition coefficient (Wildman–Crippen LogP) is 2.51. The molecule has 0 aromatic carbocycles. The van der Waals surface area contributed by atoms with E-state index in [0.717, 1.165) is 18.2 Å². The molecule has 2 aromatic rings. The zero-order chi connectivity index (χ0) is 13.0. The van der Waals surface area contributed by atoms with Gasteiger partial charge in [0.05, 0.1) is 6.20 Å². The van der Waals surface area contributed by atoms with E-state index in [0.29, 0.717) is 0 Å². The molecule has 2 heterocycles. The van der Waals surface area contributed by atoms with Crippen LogP contribution in [0.25, 0.3) is 0 Å². The minimum atomic E-state index is -1.07.